The fourth-order valence-corrected chi connectivity index (χ4v) is 10.4. The fraction of sp³-hybridized carbons (Fsp3) is 0.0333. The Kier molecular flexibility index (Phi) is 8.33. The summed E-state index contributed by atoms with van der Waals surface area (Å²) in [5, 5.41) is 4.89. The smallest absolute Gasteiger partial charge is 0.0782 e. The average Bonchev–Trinajstić information content (AvgIpc) is 3.83. The Morgan fingerprint density at radius 1 is 0.403 bits per heavy atom. The zero-order valence-electron chi connectivity index (χ0n) is 34.4. The van der Waals surface area contributed by atoms with E-state index in [9.17, 15) is 0 Å². The average molecular weight is 791 g/mol. The number of hydrogen-bond donors (Lipinski definition) is 0. The van der Waals surface area contributed by atoms with Crippen molar-refractivity contribution < 1.29 is 0 Å². The van der Waals surface area contributed by atoms with Crippen LogP contribution < -0.4 is 4.90 Å². The van der Waals surface area contributed by atoms with Gasteiger partial charge in [-0.1, -0.05) is 200 Å². The molecule has 2 nitrogen and oxygen atoms in total. The van der Waals surface area contributed by atoms with Gasteiger partial charge in [0.15, 0.2) is 0 Å². The van der Waals surface area contributed by atoms with Crippen molar-refractivity contribution in [1.29, 1.82) is 0 Å². The lowest BCUT2D eigenvalue weighted by Crippen LogP contribution is -2.28. The van der Waals surface area contributed by atoms with Crippen LogP contribution in [0, 0.1) is 6.92 Å². The highest BCUT2D eigenvalue weighted by molar-refractivity contribution is 6.15. The molecule has 1 aromatic heterocycles. The Bertz CT molecular complexity index is 3420. The third-order valence-electron chi connectivity index (χ3n) is 13.1. The zero-order valence-corrected chi connectivity index (χ0v) is 34.4. The molecular weight excluding hydrogens is 749 g/mol. The summed E-state index contributed by atoms with van der Waals surface area (Å²) in [5.74, 6) is 0. The van der Waals surface area contributed by atoms with E-state index in [1.54, 1.807) is 0 Å². The summed E-state index contributed by atoms with van der Waals surface area (Å²) in [5.41, 5.74) is 17.5. The number of nitrogens with zero attached hydrogens (tertiary/aromatic N) is 2. The SMILES string of the molecule is Cc1ccc2c(-n3c4ccccc4c4cccc(N(c5ccc(-c6ccccc6)cc5)c5ccc6c(c5)C(c5ccccc5)(c5ccccc5)c5ccccc5-6)c43)cccc2c1. The molecule has 12 rings (SSSR count). The Labute approximate surface area is 362 Å². The van der Waals surface area contributed by atoms with Crippen LogP contribution in [-0.2, 0) is 5.41 Å². The summed E-state index contributed by atoms with van der Waals surface area (Å²) >= 11 is 0. The van der Waals surface area contributed by atoms with Gasteiger partial charge in [-0.3, -0.25) is 0 Å². The van der Waals surface area contributed by atoms with Gasteiger partial charge in [-0.05, 0) is 99.3 Å². The number of anilines is 3. The molecule has 1 aliphatic carbocycles. The lowest BCUT2D eigenvalue weighted by Gasteiger charge is -2.35. The van der Waals surface area contributed by atoms with E-state index in [2.05, 4.69) is 253 Å². The summed E-state index contributed by atoms with van der Waals surface area (Å²) in [6.07, 6.45) is 0. The summed E-state index contributed by atoms with van der Waals surface area (Å²) in [7, 11) is 0. The number of aromatic nitrogens is 1. The quantitative estimate of drug-likeness (QED) is 0.156. The minimum Gasteiger partial charge on any atom is -0.308 e. The topological polar surface area (TPSA) is 8.17 Å². The summed E-state index contributed by atoms with van der Waals surface area (Å²) in [6.45, 7) is 2.17. The summed E-state index contributed by atoms with van der Waals surface area (Å²) in [6, 6.07) is 87.3. The van der Waals surface area contributed by atoms with Crippen molar-refractivity contribution >= 4 is 49.6 Å². The number of aryl methyl sites for hydroxylation is 1. The van der Waals surface area contributed by atoms with Gasteiger partial charge < -0.3 is 9.47 Å². The second-order valence-electron chi connectivity index (χ2n) is 16.5. The summed E-state index contributed by atoms with van der Waals surface area (Å²) < 4.78 is 2.50. The molecule has 0 saturated carbocycles. The molecule has 0 N–H and O–H groups in total. The Morgan fingerprint density at radius 2 is 1.02 bits per heavy atom. The summed E-state index contributed by atoms with van der Waals surface area (Å²) in [4.78, 5) is 2.49. The van der Waals surface area contributed by atoms with Crippen LogP contribution in [0.4, 0.5) is 17.1 Å². The predicted octanol–water partition coefficient (Wildman–Crippen LogP) is 15.7. The first-order valence-corrected chi connectivity index (χ1v) is 21.5. The number of benzene rings is 10. The molecule has 62 heavy (non-hydrogen) atoms. The maximum Gasteiger partial charge on any atom is 0.0782 e. The van der Waals surface area contributed by atoms with Crippen LogP contribution in [0.3, 0.4) is 0 Å². The van der Waals surface area contributed by atoms with Crippen LogP contribution in [0.1, 0.15) is 27.8 Å². The molecule has 0 atom stereocenters. The van der Waals surface area contributed by atoms with Crippen molar-refractivity contribution in [2.75, 3.05) is 4.90 Å². The number of hydrogen-bond acceptors (Lipinski definition) is 1. The predicted molar refractivity (Wildman–Crippen MR) is 260 cm³/mol. The van der Waals surface area contributed by atoms with Gasteiger partial charge in [-0.15, -0.1) is 0 Å². The molecule has 1 heterocycles. The monoisotopic (exact) mass is 790 g/mol. The van der Waals surface area contributed by atoms with Gasteiger partial charge in [0.2, 0.25) is 0 Å². The molecule has 0 saturated heterocycles. The third-order valence-corrected chi connectivity index (χ3v) is 13.1. The number of rotatable bonds is 7. The van der Waals surface area contributed by atoms with E-state index in [1.807, 2.05) is 0 Å². The highest BCUT2D eigenvalue weighted by Crippen LogP contribution is 2.57. The minimum atomic E-state index is -0.532. The zero-order chi connectivity index (χ0) is 41.2. The van der Waals surface area contributed by atoms with Crippen LogP contribution >= 0.6 is 0 Å². The van der Waals surface area contributed by atoms with Crippen LogP contribution in [0.25, 0.3) is 60.5 Å². The Balaban J connectivity index is 1.17. The van der Waals surface area contributed by atoms with Crippen molar-refractivity contribution in [2.24, 2.45) is 0 Å². The van der Waals surface area contributed by atoms with Gasteiger partial charge in [0.1, 0.15) is 0 Å². The fourth-order valence-electron chi connectivity index (χ4n) is 10.4. The highest BCUT2D eigenvalue weighted by atomic mass is 15.2. The molecule has 2 heteroatoms. The van der Waals surface area contributed by atoms with Gasteiger partial charge in [-0.25, -0.2) is 0 Å². The van der Waals surface area contributed by atoms with E-state index >= 15 is 0 Å². The maximum absolute atomic E-state index is 2.50. The first-order valence-electron chi connectivity index (χ1n) is 21.5. The molecule has 11 aromatic rings. The van der Waals surface area contributed by atoms with Gasteiger partial charge in [0.05, 0.1) is 27.8 Å². The molecular formula is C60H42N2. The molecule has 0 spiro atoms. The molecule has 0 bridgehead atoms. The van der Waals surface area contributed by atoms with Crippen LogP contribution in [0.5, 0.6) is 0 Å². The normalized spacial score (nSPS) is 12.7. The van der Waals surface area contributed by atoms with E-state index in [0.29, 0.717) is 0 Å². The van der Waals surface area contributed by atoms with Gasteiger partial charge in [0, 0.05) is 27.5 Å². The Hall–Kier alpha value is -7.94. The van der Waals surface area contributed by atoms with E-state index in [0.717, 1.165) is 28.3 Å². The molecule has 0 amide bonds. The lowest BCUT2D eigenvalue weighted by atomic mass is 9.67. The highest BCUT2D eigenvalue weighted by Gasteiger charge is 2.46. The molecule has 0 radical (unpaired) electrons. The standard InChI is InChI=1S/C60H42N2/c1-41-31-37-49-44(39-41)19-15-29-56(49)62-57-28-14-12-25-52(57)53-26-16-30-58(59(53)62)61(47-34-32-43(33-35-47)42-17-5-2-6-18-42)48-36-38-51-50-24-11-13-27-54(50)60(55(51)40-48,45-20-7-3-8-21-45)46-22-9-4-10-23-46/h2-40H,1H3. The van der Waals surface area contributed by atoms with E-state index in [4.69, 9.17) is 0 Å². The van der Waals surface area contributed by atoms with Crippen molar-refractivity contribution in [3.63, 3.8) is 0 Å². The first kappa shape index (κ1) is 36.0. The van der Waals surface area contributed by atoms with Crippen molar-refractivity contribution in [1.82, 2.24) is 4.57 Å². The largest absolute Gasteiger partial charge is 0.308 e. The molecule has 292 valence electrons. The van der Waals surface area contributed by atoms with Gasteiger partial charge in [-0.2, -0.15) is 0 Å². The van der Waals surface area contributed by atoms with Crippen molar-refractivity contribution in [2.45, 2.75) is 12.3 Å². The van der Waals surface area contributed by atoms with Crippen LogP contribution in [-0.4, -0.2) is 4.57 Å². The second-order valence-corrected chi connectivity index (χ2v) is 16.5. The van der Waals surface area contributed by atoms with Gasteiger partial charge in [0.25, 0.3) is 0 Å². The van der Waals surface area contributed by atoms with E-state index in [1.165, 1.54) is 77.1 Å². The maximum atomic E-state index is 2.50. The van der Waals surface area contributed by atoms with E-state index < -0.39 is 5.41 Å². The molecule has 0 unspecified atom stereocenters. The molecule has 0 fully saturated rings. The lowest BCUT2D eigenvalue weighted by molar-refractivity contribution is 0.768. The second kappa shape index (κ2) is 14.4. The third kappa shape index (κ3) is 5.43. The number of fused-ring (bicyclic) bond motifs is 7. The molecule has 1 aliphatic rings. The first-order chi connectivity index (χ1) is 30.7. The molecule has 10 aromatic carbocycles. The minimum absolute atomic E-state index is 0.532. The van der Waals surface area contributed by atoms with Crippen LogP contribution in [0.15, 0.2) is 237 Å². The molecule has 0 aliphatic heterocycles. The Morgan fingerprint density at radius 3 is 1.79 bits per heavy atom. The van der Waals surface area contributed by atoms with E-state index in [-0.39, 0.29) is 0 Å². The number of para-hydroxylation sites is 2. The van der Waals surface area contributed by atoms with Crippen molar-refractivity contribution in [3.8, 4) is 27.9 Å². The van der Waals surface area contributed by atoms with Crippen LogP contribution in [0.2, 0.25) is 0 Å². The van der Waals surface area contributed by atoms with Gasteiger partial charge >= 0.3 is 0 Å². The van der Waals surface area contributed by atoms with Crippen molar-refractivity contribution in [3.05, 3.63) is 264 Å².